The average molecular weight is 146 g/mol. The van der Waals surface area contributed by atoms with Crippen LogP contribution in [0.5, 0.6) is 0 Å². The largest absolute Gasteiger partial charge is 0.392 e. The summed E-state index contributed by atoms with van der Waals surface area (Å²) < 4.78 is 0. The molecule has 0 aliphatic carbocycles. The summed E-state index contributed by atoms with van der Waals surface area (Å²) in [4.78, 5) is 10.3. The second-order valence-corrected chi connectivity index (χ2v) is 2.34. The van der Waals surface area contributed by atoms with Crippen LogP contribution in [0.4, 0.5) is 0 Å². The first kappa shape index (κ1) is 9.39. The van der Waals surface area contributed by atoms with Gasteiger partial charge in [-0.25, -0.2) is 0 Å². The van der Waals surface area contributed by atoms with E-state index >= 15 is 0 Å². The Morgan fingerprint density at radius 2 is 2.30 bits per heavy atom. The van der Waals surface area contributed by atoms with Gasteiger partial charge in [0.1, 0.15) is 0 Å². The number of carbonyl (C=O) groups is 1. The smallest absolute Gasteiger partial charge is 0.216 e. The first-order valence-corrected chi connectivity index (χ1v) is 3.22. The minimum atomic E-state index is -0.577. The van der Waals surface area contributed by atoms with E-state index in [4.69, 9.17) is 10.8 Å². The van der Waals surface area contributed by atoms with Crippen molar-refractivity contribution in [2.75, 3.05) is 6.54 Å². The molecular formula is C6H14N2O2. The summed E-state index contributed by atoms with van der Waals surface area (Å²) in [6, 6.07) is -0.371. The van der Waals surface area contributed by atoms with Crippen LogP contribution in [0.2, 0.25) is 0 Å². The molecule has 2 atom stereocenters. The number of hydrogen-bond acceptors (Lipinski definition) is 3. The van der Waals surface area contributed by atoms with Crippen LogP contribution in [-0.2, 0) is 4.79 Å². The van der Waals surface area contributed by atoms with Crippen molar-refractivity contribution < 1.29 is 9.90 Å². The van der Waals surface area contributed by atoms with Crippen molar-refractivity contribution in [1.82, 2.24) is 5.32 Å². The second kappa shape index (κ2) is 4.24. The molecule has 60 valence electrons. The molecule has 0 aromatic heterocycles. The Morgan fingerprint density at radius 3 is 2.60 bits per heavy atom. The van der Waals surface area contributed by atoms with Crippen LogP contribution in [0.3, 0.4) is 0 Å². The zero-order valence-corrected chi connectivity index (χ0v) is 6.29. The second-order valence-electron chi connectivity index (χ2n) is 2.34. The fourth-order valence-electron chi connectivity index (χ4n) is 0.432. The van der Waals surface area contributed by atoms with Crippen molar-refractivity contribution in [3.05, 3.63) is 0 Å². The molecule has 4 nitrogen and oxygen atoms in total. The number of nitrogens with one attached hydrogen (secondary N) is 1. The molecule has 10 heavy (non-hydrogen) atoms. The van der Waals surface area contributed by atoms with Crippen molar-refractivity contribution >= 4 is 5.91 Å². The van der Waals surface area contributed by atoms with E-state index in [1.807, 2.05) is 0 Å². The predicted molar refractivity (Wildman–Crippen MR) is 38.3 cm³/mol. The van der Waals surface area contributed by atoms with Crippen molar-refractivity contribution in [1.29, 1.82) is 0 Å². The topological polar surface area (TPSA) is 75.4 Å². The van der Waals surface area contributed by atoms with Crippen LogP contribution in [0.25, 0.3) is 0 Å². The van der Waals surface area contributed by atoms with Crippen molar-refractivity contribution in [2.24, 2.45) is 5.73 Å². The fourth-order valence-corrected chi connectivity index (χ4v) is 0.432. The molecule has 0 saturated heterocycles. The van der Waals surface area contributed by atoms with Crippen molar-refractivity contribution in [3.63, 3.8) is 0 Å². The Morgan fingerprint density at radius 1 is 1.80 bits per heavy atom. The Hall–Kier alpha value is -0.610. The third-order valence-corrected chi connectivity index (χ3v) is 1.21. The van der Waals surface area contributed by atoms with E-state index in [2.05, 4.69) is 5.32 Å². The molecule has 0 saturated carbocycles. The van der Waals surface area contributed by atoms with E-state index in [1.165, 1.54) is 6.92 Å². The molecule has 0 aliphatic rings. The maximum atomic E-state index is 10.3. The molecule has 0 radical (unpaired) electrons. The quantitative estimate of drug-likeness (QED) is 0.469. The molecule has 4 N–H and O–H groups in total. The lowest BCUT2D eigenvalue weighted by Crippen LogP contribution is -2.43. The van der Waals surface area contributed by atoms with Gasteiger partial charge in [0, 0.05) is 19.5 Å². The van der Waals surface area contributed by atoms with Gasteiger partial charge < -0.3 is 16.2 Å². The molecule has 2 unspecified atom stereocenters. The van der Waals surface area contributed by atoms with Gasteiger partial charge in [-0.05, 0) is 6.92 Å². The monoisotopic (exact) mass is 146 g/mol. The number of aliphatic hydroxyl groups is 1. The van der Waals surface area contributed by atoms with Gasteiger partial charge in [-0.2, -0.15) is 0 Å². The zero-order valence-electron chi connectivity index (χ0n) is 6.29. The summed E-state index contributed by atoms with van der Waals surface area (Å²) in [5.41, 5.74) is 5.40. The molecule has 0 fully saturated rings. The van der Waals surface area contributed by atoms with Crippen LogP contribution < -0.4 is 11.1 Å². The van der Waals surface area contributed by atoms with E-state index in [-0.39, 0.29) is 11.9 Å². The molecule has 4 heteroatoms. The van der Waals surface area contributed by atoms with Crippen LogP contribution in [0.1, 0.15) is 13.8 Å². The molecule has 0 heterocycles. The van der Waals surface area contributed by atoms with Crippen LogP contribution >= 0.6 is 0 Å². The molecule has 0 aromatic rings. The summed E-state index contributed by atoms with van der Waals surface area (Å²) in [7, 11) is 0. The molecule has 1 amide bonds. The van der Waals surface area contributed by atoms with E-state index in [0.717, 1.165) is 0 Å². The molecule has 0 aromatic carbocycles. The summed E-state index contributed by atoms with van der Waals surface area (Å²) in [5.74, 6) is -0.129. The number of aliphatic hydroxyl groups excluding tert-OH is 1. The molecule has 0 rings (SSSR count). The van der Waals surface area contributed by atoms with Gasteiger partial charge in [0.2, 0.25) is 5.91 Å². The normalized spacial score (nSPS) is 16.0. The Labute approximate surface area is 60.4 Å². The average Bonchev–Trinajstić information content (AvgIpc) is 1.82. The highest BCUT2D eigenvalue weighted by molar-refractivity contribution is 5.72. The van der Waals surface area contributed by atoms with Crippen LogP contribution in [0.15, 0.2) is 0 Å². The summed E-state index contributed by atoms with van der Waals surface area (Å²) >= 11 is 0. The lowest BCUT2D eigenvalue weighted by Gasteiger charge is -2.13. The van der Waals surface area contributed by atoms with E-state index < -0.39 is 6.10 Å². The lowest BCUT2D eigenvalue weighted by molar-refractivity contribution is -0.119. The van der Waals surface area contributed by atoms with Crippen LogP contribution in [-0.4, -0.2) is 29.7 Å². The highest BCUT2D eigenvalue weighted by atomic mass is 16.3. The maximum Gasteiger partial charge on any atom is 0.216 e. The lowest BCUT2D eigenvalue weighted by atomic mass is 10.2. The molecule has 0 spiro atoms. The maximum absolute atomic E-state index is 10.3. The van der Waals surface area contributed by atoms with Gasteiger partial charge in [0.05, 0.1) is 6.10 Å². The van der Waals surface area contributed by atoms with Gasteiger partial charge in [-0.3, -0.25) is 4.79 Å². The molecular weight excluding hydrogens is 132 g/mol. The highest BCUT2D eigenvalue weighted by Gasteiger charge is 2.08. The van der Waals surface area contributed by atoms with E-state index in [9.17, 15) is 4.79 Å². The summed E-state index contributed by atoms with van der Waals surface area (Å²) in [5, 5.41) is 11.4. The number of rotatable bonds is 3. The Kier molecular flexibility index (Phi) is 3.99. The Bertz CT molecular complexity index is 114. The zero-order chi connectivity index (χ0) is 8.15. The first-order chi connectivity index (χ1) is 4.54. The minimum Gasteiger partial charge on any atom is -0.392 e. The Balaban J connectivity index is 3.39. The minimum absolute atomic E-state index is 0.129. The van der Waals surface area contributed by atoms with Crippen molar-refractivity contribution in [2.45, 2.75) is 26.0 Å². The third-order valence-electron chi connectivity index (χ3n) is 1.21. The van der Waals surface area contributed by atoms with Crippen molar-refractivity contribution in [3.8, 4) is 0 Å². The highest BCUT2D eigenvalue weighted by Crippen LogP contribution is 1.84. The van der Waals surface area contributed by atoms with Gasteiger partial charge in [0.25, 0.3) is 0 Å². The third kappa shape index (κ3) is 4.29. The number of nitrogens with two attached hydrogens (primary N) is 1. The first-order valence-electron chi connectivity index (χ1n) is 3.22. The molecule has 0 bridgehead atoms. The van der Waals surface area contributed by atoms with Gasteiger partial charge in [0.15, 0.2) is 0 Å². The van der Waals surface area contributed by atoms with Gasteiger partial charge in [-0.15, -0.1) is 0 Å². The van der Waals surface area contributed by atoms with E-state index in [1.54, 1.807) is 6.92 Å². The van der Waals surface area contributed by atoms with Gasteiger partial charge in [-0.1, -0.05) is 0 Å². The molecule has 0 aliphatic heterocycles. The number of carbonyl (C=O) groups excluding carboxylic acids is 1. The predicted octanol–water partition coefficient (Wildman–Crippen LogP) is -1.17. The fraction of sp³-hybridized carbons (Fsp3) is 0.833. The summed E-state index contributed by atoms with van der Waals surface area (Å²) in [6.07, 6.45) is -0.577. The van der Waals surface area contributed by atoms with Gasteiger partial charge >= 0.3 is 0 Å². The van der Waals surface area contributed by atoms with Crippen LogP contribution in [0, 0.1) is 0 Å². The number of hydrogen-bond donors (Lipinski definition) is 3. The SMILES string of the molecule is CC(=O)NCC(N)C(C)O. The standard InChI is InChI=1S/C6H14N2O2/c1-4(9)6(7)3-8-5(2)10/h4,6,9H,3,7H2,1-2H3,(H,8,10). The number of amides is 1. The van der Waals surface area contributed by atoms with E-state index in [0.29, 0.717) is 6.54 Å². The summed E-state index contributed by atoms with van der Waals surface area (Å²) in [6.45, 7) is 3.33.